The highest BCUT2D eigenvalue weighted by Gasteiger charge is 2.14. The molecule has 0 amide bonds. The van der Waals surface area contributed by atoms with Gasteiger partial charge in [0.25, 0.3) is 0 Å². The molecule has 11 heavy (non-hydrogen) atoms. The van der Waals surface area contributed by atoms with Gasteiger partial charge in [-0.15, -0.1) is 0 Å². The van der Waals surface area contributed by atoms with E-state index >= 15 is 0 Å². The molecule has 0 spiro atoms. The van der Waals surface area contributed by atoms with E-state index in [1.165, 1.54) is 6.66 Å². The predicted molar refractivity (Wildman–Crippen MR) is 45.9 cm³/mol. The molecule has 0 aromatic carbocycles. The lowest BCUT2D eigenvalue weighted by Gasteiger charge is -2.12. The van der Waals surface area contributed by atoms with Crippen LogP contribution in [0.1, 0.15) is 13.8 Å². The minimum atomic E-state index is -2.81. The first-order chi connectivity index (χ1) is 4.98. The van der Waals surface area contributed by atoms with Gasteiger partial charge in [0.1, 0.15) is 0 Å². The summed E-state index contributed by atoms with van der Waals surface area (Å²) in [6, 6.07) is 0. The van der Waals surface area contributed by atoms with E-state index in [2.05, 4.69) is 6.58 Å². The van der Waals surface area contributed by atoms with Crippen LogP contribution in [-0.2, 0) is 13.6 Å². The Morgan fingerprint density at radius 2 is 2.09 bits per heavy atom. The molecule has 0 aromatic rings. The van der Waals surface area contributed by atoms with E-state index in [0.717, 1.165) is 5.57 Å². The Morgan fingerprint density at radius 1 is 1.55 bits per heavy atom. The fraction of sp³-hybridized carbons (Fsp3) is 0.714. The van der Waals surface area contributed by atoms with Gasteiger partial charge in [0.05, 0.1) is 13.2 Å². The lowest BCUT2D eigenvalue weighted by molar-refractivity contribution is 0.230. The predicted octanol–water partition coefficient (Wildman–Crippen LogP) is 2.44. The first-order valence-electron chi connectivity index (χ1n) is 3.49. The molecule has 0 radical (unpaired) electrons. The van der Waals surface area contributed by atoms with Gasteiger partial charge in [0.15, 0.2) is 0 Å². The van der Waals surface area contributed by atoms with Gasteiger partial charge >= 0.3 is 7.60 Å². The van der Waals surface area contributed by atoms with Gasteiger partial charge in [-0.2, -0.15) is 0 Å². The Labute approximate surface area is 67.9 Å². The van der Waals surface area contributed by atoms with Gasteiger partial charge in [0, 0.05) is 6.66 Å². The van der Waals surface area contributed by atoms with Crippen molar-refractivity contribution in [3.63, 3.8) is 0 Å². The van der Waals surface area contributed by atoms with Crippen LogP contribution in [0.5, 0.6) is 0 Å². The van der Waals surface area contributed by atoms with E-state index in [4.69, 9.17) is 9.05 Å². The van der Waals surface area contributed by atoms with E-state index < -0.39 is 7.60 Å². The molecule has 0 saturated carbocycles. The smallest absolute Gasteiger partial charge is 0.309 e. The largest absolute Gasteiger partial charge is 0.327 e. The van der Waals surface area contributed by atoms with Crippen molar-refractivity contribution in [1.82, 2.24) is 0 Å². The topological polar surface area (TPSA) is 35.5 Å². The molecule has 0 bridgehead atoms. The van der Waals surface area contributed by atoms with Crippen molar-refractivity contribution in [3.8, 4) is 0 Å². The van der Waals surface area contributed by atoms with Crippen LogP contribution >= 0.6 is 7.60 Å². The van der Waals surface area contributed by atoms with E-state index in [-0.39, 0.29) is 0 Å². The zero-order chi connectivity index (χ0) is 8.91. The van der Waals surface area contributed by atoms with Crippen LogP contribution in [0.3, 0.4) is 0 Å². The molecule has 0 heterocycles. The molecular formula is C7H15O3P. The zero-order valence-electron chi connectivity index (χ0n) is 7.29. The highest BCUT2D eigenvalue weighted by Crippen LogP contribution is 2.43. The van der Waals surface area contributed by atoms with E-state index in [9.17, 15) is 4.57 Å². The third kappa shape index (κ3) is 6.29. The van der Waals surface area contributed by atoms with Crippen LogP contribution in [0.4, 0.5) is 0 Å². The first kappa shape index (κ1) is 10.9. The Kier molecular flexibility index (Phi) is 4.66. The maximum atomic E-state index is 11.2. The van der Waals surface area contributed by atoms with Gasteiger partial charge < -0.3 is 9.05 Å². The molecule has 0 aliphatic carbocycles. The summed E-state index contributed by atoms with van der Waals surface area (Å²) in [5.41, 5.74) is 0.840. The Hall–Kier alpha value is -0.110. The minimum absolute atomic E-state index is 0.299. The fourth-order valence-electron chi connectivity index (χ4n) is 0.499. The van der Waals surface area contributed by atoms with Crippen LogP contribution in [0.25, 0.3) is 0 Å². The monoisotopic (exact) mass is 178 g/mol. The quantitative estimate of drug-likeness (QED) is 0.479. The highest BCUT2D eigenvalue weighted by atomic mass is 31.2. The molecule has 4 heteroatoms. The Bertz CT molecular complexity index is 177. The Balaban J connectivity index is 3.73. The summed E-state index contributed by atoms with van der Waals surface area (Å²) < 4.78 is 21.1. The third-order valence-electron chi connectivity index (χ3n) is 0.909. The van der Waals surface area contributed by atoms with Crippen LogP contribution in [0.2, 0.25) is 0 Å². The van der Waals surface area contributed by atoms with Gasteiger partial charge in [-0.1, -0.05) is 12.2 Å². The average molecular weight is 178 g/mol. The molecule has 0 aliphatic heterocycles. The molecule has 3 nitrogen and oxygen atoms in total. The van der Waals surface area contributed by atoms with Gasteiger partial charge in [-0.3, -0.25) is 4.57 Å². The van der Waals surface area contributed by atoms with Gasteiger partial charge in [0.2, 0.25) is 0 Å². The molecule has 0 saturated heterocycles. The fourth-order valence-corrected chi connectivity index (χ4v) is 1.50. The second kappa shape index (κ2) is 4.70. The molecule has 66 valence electrons. The molecule has 1 atom stereocenters. The van der Waals surface area contributed by atoms with Gasteiger partial charge in [-0.05, 0) is 13.8 Å². The maximum absolute atomic E-state index is 11.2. The lowest BCUT2D eigenvalue weighted by atomic mass is 10.4. The summed E-state index contributed by atoms with van der Waals surface area (Å²) in [5, 5.41) is 0. The number of hydrogen-bond acceptors (Lipinski definition) is 3. The highest BCUT2D eigenvalue weighted by molar-refractivity contribution is 7.52. The van der Waals surface area contributed by atoms with Crippen molar-refractivity contribution >= 4 is 7.60 Å². The Morgan fingerprint density at radius 3 is 2.45 bits per heavy atom. The van der Waals surface area contributed by atoms with Crippen molar-refractivity contribution in [2.24, 2.45) is 0 Å². The van der Waals surface area contributed by atoms with Gasteiger partial charge in [-0.25, -0.2) is 0 Å². The molecule has 1 unspecified atom stereocenters. The molecular weight excluding hydrogens is 163 g/mol. The third-order valence-corrected chi connectivity index (χ3v) is 2.23. The van der Waals surface area contributed by atoms with Crippen molar-refractivity contribution < 1.29 is 13.6 Å². The summed E-state index contributed by atoms with van der Waals surface area (Å²) in [6.45, 7) is 9.37. The van der Waals surface area contributed by atoms with Crippen LogP contribution in [0.15, 0.2) is 12.2 Å². The second-order valence-corrected chi connectivity index (χ2v) is 4.48. The van der Waals surface area contributed by atoms with Crippen molar-refractivity contribution in [1.29, 1.82) is 0 Å². The molecule has 0 aromatic heterocycles. The van der Waals surface area contributed by atoms with Crippen LogP contribution < -0.4 is 0 Å². The summed E-state index contributed by atoms with van der Waals surface area (Å²) in [7, 11) is -2.81. The molecule has 0 fully saturated rings. The first-order valence-corrected chi connectivity index (χ1v) is 5.48. The lowest BCUT2D eigenvalue weighted by Crippen LogP contribution is -1.96. The van der Waals surface area contributed by atoms with Crippen molar-refractivity contribution in [3.05, 3.63) is 12.2 Å². The second-order valence-electron chi connectivity index (χ2n) is 2.42. The zero-order valence-corrected chi connectivity index (χ0v) is 8.19. The molecule has 0 rings (SSSR count). The SMILES string of the molecule is C=C(C)COP(C)(=O)OCC. The molecule has 0 aliphatic rings. The van der Waals surface area contributed by atoms with E-state index in [1.807, 2.05) is 6.92 Å². The minimum Gasteiger partial charge on any atom is -0.309 e. The summed E-state index contributed by atoms with van der Waals surface area (Å²) in [5.74, 6) is 0. The van der Waals surface area contributed by atoms with Crippen molar-refractivity contribution in [2.75, 3.05) is 19.9 Å². The standard InChI is InChI=1S/C7H15O3P/c1-5-9-11(4,8)10-6-7(2)3/h2,5-6H2,1,3-4H3. The van der Waals surface area contributed by atoms with Crippen molar-refractivity contribution in [2.45, 2.75) is 13.8 Å². The summed E-state index contributed by atoms with van der Waals surface area (Å²) in [6.07, 6.45) is 0. The summed E-state index contributed by atoms with van der Waals surface area (Å²) in [4.78, 5) is 0. The maximum Gasteiger partial charge on any atom is 0.327 e. The molecule has 0 N–H and O–H groups in total. The normalized spacial score (nSPS) is 15.9. The van der Waals surface area contributed by atoms with Crippen LogP contribution in [0, 0.1) is 0 Å². The van der Waals surface area contributed by atoms with E-state index in [1.54, 1.807) is 6.92 Å². The summed E-state index contributed by atoms with van der Waals surface area (Å²) >= 11 is 0. The van der Waals surface area contributed by atoms with E-state index in [0.29, 0.717) is 13.2 Å². The number of rotatable bonds is 5. The number of hydrogen-bond donors (Lipinski definition) is 0. The van der Waals surface area contributed by atoms with Crippen LogP contribution in [-0.4, -0.2) is 19.9 Å². The average Bonchev–Trinajstić information content (AvgIpc) is 1.84.